The summed E-state index contributed by atoms with van der Waals surface area (Å²) in [6.45, 7) is 7.73. The summed E-state index contributed by atoms with van der Waals surface area (Å²) in [6.07, 6.45) is -1.25. The first-order valence-corrected chi connectivity index (χ1v) is 5.43. The topological polar surface area (TPSA) is 88.1 Å². The molecule has 0 aliphatic heterocycles. The van der Waals surface area contributed by atoms with Gasteiger partial charge in [0.15, 0.2) is 0 Å². The highest BCUT2D eigenvalue weighted by Gasteiger charge is 2.18. The minimum Gasteiger partial charge on any atom is -0.469 e. The Balaban J connectivity index is 3.95. The molecule has 0 aliphatic carbocycles. The fourth-order valence-electron chi connectivity index (χ4n) is 0.831. The first-order chi connectivity index (χ1) is 8.65. The highest BCUT2D eigenvalue weighted by molar-refractivity contribution is 5.93. The molecule has 0 heterocycles. The van der Waals surface area contributed by atoms with E-state index < -0.39 is 30.5 Å². The Labute approximate surface area is 111 Å². The van der Waals surface area contributed by atoms with Crippen LogP contribution in [0.3, 0.4) is 0 Å². The number of hydrogen-bond donors (Lipinski definition) is 0. The molecule has 0 fully saturated rings. The van der Waals surface area contributed by atoms with Crippen LogP contribution in [0.5, 0.6) is 0 Å². The van der Waals surface area contributed by atoms with Gasteiger partial charge in [-0.25, -0.2) is 9.59 Å². The summed E-state index contributed by atoms with van der Waals surface area (Å²) in [5, 5.41) is 0. The minimum atomic E-state index is -0.959. The van der Waals surface area contributed by atoms with Crippen molar-refractivity contribution in [1.29, 1.82) is 0 Å². The lowest BCUT2D eigenvalue weighted by atomic mass is 10.2. The molecule has 0 aromatic heterocycles. The summed E-state index contributed by atoms with van der Waals surface area (Å²) in [5.74, 6) is -1.47. The van der Waals surface area contributed by atoms with Gasteiger partial charge >= 0.3 is 18.1 Å². The van der Waals surface area contributed by atoms with Gasteiger partial charge in [-0.2, -0.15) is 0 Å². The van der Waals surface area contributed by atoms with Crippen molar-refractivity contribution in [3.05, 3.63) is 12.2 Å². The van der Waals surface area contributed by atoms with Crippen LogP contribution >= 0.6 is 0 Å². The molecule has 7 heteroatoms. The molecule has 0 radical (unpaired) electrons. The van der Waals surface area contributed by atoms with E-state index >= 15 is 0 Å². The van der Waals surface area contributed by atoms with Crippen molar-refractivity contribution < 1.29 is 33.3 Å². The van der Waals surface area contributed by atoms with Crippen molar-refractivity contribution in [2.45, 2.75) is 32.8 Å². The number of hydrogen-bond acceptors (Lipinski definition) is 7. The summed E-state index contributed by atoms with van der Waals surface area (Å²) in [7, 11) is 1.19. The fourth-order valence-corrected chi connectivity index (χ4v) is 0.831. The number of esters is 2. The number of methoxy groups -OCH3 is 1. The van der Waals surface area contributed by atoms with E-state index in [9.17, 15) is 14.4 Å². The Morgan fingerprint density at radius 2 is 1.68 bits per heavy atom. The summed E-state index contributed by atoms with van der Waals surface area (Å²) < 4.78 is 18.2. The van der Waals surface area contributed by atoms with Gasteiger partial charge < -0.3 is 18.9 Å². The van der Waals surface area contributed by atoms with Crippen LogP contribution in [-0.4, -0.2) is 37.6 Å². The zero-order chi connectivity index (χ0) is 15.1. The molecule has 0 saturated heterocycles. The van der Waals surface area contributed by atoms with E-state index in [-0.39, 0.29) is 12.0 Å². The Morgan fingerprint density at radius 1 is 1.11 bits per heavy atom. The van der Waals surface area contributed by atoms with Crippen molar-refractivity contribution in [1.82, 2.24) is 0 Å². The molecule has 0 amide bonds. The maximum atomic E-state index is 11.3. The Morgan fingerprint density at radius 3 is 2.16 bits per heavy atom. The molecule has 108 valence electrons. The van der Waals surface area contributed by atoms with Gasteiger partial charge in [-0.05, 0) is 20.8 Å². The Bertz CT molecular complexity index is 365. The van der Waals surface area contributed by atoms with Crippen LogP contribution in [0.4, 0.5) is 4.79 Å². The standard InChI is InChI=1S/C12H18O7/c1-8(6-9(13)16-5)10(14)17-7-18-11(15)19-12(2,3)4/h1,6-7H2,2-5H3. The Hall–Kier alpha value is -2.05. The van der Waals surface area contributed by atoms with Crippen LogP contribution in [0.25, 0.3) is 0 Å². The average Bonchev–Trinajstić information content (AvgIpc) is 2.25. The van der Waals surface area contributed by atoms with E-state index in [0.717, 1.165) is 0 Å². The molecular formula is C12H18O7. The highest BCUT2D eigenvalue weighted by atomic mass is 16.8. The zero-order valence-corrected chi connectivity index (χ0v) is 11.5. The fraction of sp³-hybridized carbons (Fsp3) is 0.583. The van der Waals surface area contributed by atoms with Crippen molar-refractivity contribution in [2.24, 2.45) is 0 Å². The van der Waals surface area contributed by atoms with E-state index in [1.54, 1.807) is 20.8 Å². The molecule has 0 saturated carbocycles. The lowest BCUT2D eigenvalue weighted by Gasteiger charge is -2.18. The molecule has 0 spiro atoms. The monoisotopic (exact) mass is 274 g/mol. The van der Waals surface area contributed by atoms with E-state index in [2.05, 4.69) is 20.8 Å². The molecule has 0 atom stereocenters. The molecule has 7 nitrogen and oxygen atoms in total. The predicted molar refractivity (Wildman–Crippen MR) is 64.1 cm³/mol. The normalized spacial score (nSPS) is 10.3. The summed E-state index contributed by atoms with van der Waals surface area (Å²) in [4.78, 5) is 33.3. The van der Waals surface area contributed by atoms with Crippen molar-refractivity contribution >= 4 is 18.1 Å². The quantitative estimate of drug-likeness (QED) is 0.325. The number of carbonyl (C=O) groups is 3. The van der Waals surface area contributed by atoms with Crippen LogP contribution < -0.4 is 0 Å². The van der Waals surface area contributed by atoms with Gasteiger partial charge in [-0.1, -0.05) is 6.58 Å². The van der Waals surface area contributed by atoms with E-state index in [1.165, 1.54) is 7.11 Å². The van der Waals surface area contributed by atoms with Gasteiger partial charge in [0.25, 0.3) is 0 Å². The van der Waals surface area contributed by atoms with E-state index in [0.29, 0.717) is 0 Å². The van der Waals surface area contributed by atoms with Crippen molar-refractivity contribution in [2.75, 3.05) is 13.9 Å². The van der Waals surface area contributed by atoms with Crippen LogP contribution in [0.1, 0.15) is 27.2 Å². The maximum Gasteiger partial charge on any atom is 0.511 e. The van der Waals surface area contributed by atoms with Crippen LogP contribution in [0.15, 0.2) is 12.2 Å². The molecule has 0 aliphatic rings. The molecule has 0 N–H and O–H groups in total. The first-order valence-electron chi connectivity index (χ1n) is 5.43. The largest absolute Gasteiger partial charge is 0.511 e. The molecular weight excluding hydrogens is 256 g/mol. The summed E-state index contributed by atoms with van der Waals surface area (Å²) >= 11 is 0. The third-order valence-corrected chi connectivity index (χ3v) is 1.63. The van der Waals surface area contributed by atoms with Crippen molar-refractivity contribution in [3.8, 4) is 0 Å². The number of carbonyl (C=O) groups excluding carboxylic acids is 3. The van der Waals surface area contributed by atoms with Crippen LogP contribution in [0, 0.1) is 0 Å². The number of ether oxygens (including phenoxy) is 4. The van der Waals surface area contributed by atoms with Gasteiger partial charge in [0, 0.05) is 5.57 Å². The van der Waals surface area contributed by atoms with E-state index in [4.69, 9.17) is 4.74 Å². The predicted octanol–water partition coefficient (Wildman–Crippen LogP) is 1.56. The van der Waals surface area contributed by atoms with Crippen molar-refractivity contribution in [3.63, 3.8) is 0 Å². The third-order valence-electron chi connectivity index (χ3n) is 1.63. The highest BCUT2D eigenvalue weighted by Crippen LogP contribution is 2.08. The van der Waals surface area contributed by atoms with Gasteiger partial charge in [-0.3, -0.25) is 4.79 Å². The van der Waals surface area contributed by atoms with Gasteiger partial charge in [0.1, 0.15) is 5.60 Å². The van der Waals surface area contributed by atoms with Gasteiger partial charge in [0.2, 0.25) is 6.79 Å². The molecule has 0 aromatic carbocycles. The Kier molecular flexibility index (Phi) is 6.60. The first kappa shape index (κ1) is 16.9. The second kappa shape index (κ2) is 7.40. The smallest absolute Gasteiger partial charge is 0.469 e. The zero-order valence-electron chi connectivity index (χ0n) is 11.5. The van der Waals surface area contributed by atoms with Gasteiger partial charge in [-0.15, -0.1) is 0 Å². The maximum absolute atomic E-state index is 11.3. The van der Waals surface area contributed by atoms with E-state index in [1.807, 2.05) is 0 Å². The van der Waals surface area contributed by atoms with Crippen LogP contribution in [0.2, 0.25) is 0 Å². The SMILES string of the molecule is C=C(CC(=O)OC)C(=O)OCOC(=O)OC(C)(C)C. The third kappa shape index (κ3) is 8.64. The second-order valence-electron chi connectivity index (χ2n) is 4.51. The van der Waals surface area contributed by atoms with Gasteiger partial charge in [0.05, 0.1) is 13.5 Å². The molecule has 0 rings (SSSR count). The molecule has 0 aromatic rings. The minimum absolute atomic E-state index is 0.0976. The van der Waals surface area contributed by atoms with Crippen LogP contribution in [-0.2, 0) is 28.5 Å². The lowest BCUT2D eigenvalue weighted by molar-refractivity contribution is -0.151. The summed E-state index contributed by atoms with van der Waals surface area (Å²) in [5.41, 5.74) is -0.796. The lowest BCUT2D eigenvalue weighted by Crippen LogP contribution is -2.25. The summed E-state index contributed by atoms with van der Waals surface area (Å²) in [6, 6.07) is 0. The molecule has 0 bridgehead atoms. The number of rotatable bonds is 5. The average molecular weight is 274 g/mol. The molecule has 19 heavy (non-hydrogen) atoms. The molecule has 0 unspecified atom stereocenters. The second-order valence-corrected chi connectivity index (χ2v) is 4.51.